The first-order valence-electron chi connectivity index (χ1n) is 6.10. The summed E-state index contributed by atoms with van der Waals surface area (Å²) in [5.41, 5.74) is 0.756. The third kappa shape index (κ3) is 2.08. The highest BCUT2D eigenvalue weighted by Crippen LogP contribution is 2.63. The van der Waals surface area contributed by atoms with Crippen molar-refractivity contribution in [2.75, 3.05) is 0 Å². The molecular weight excluding hydrogens is 216 g/mol. The lowest BCUT2D eigenvalue weighted by molar-refractivity contribution is -0.139. The van der Waals surface area contributed by atoms with Crippen LogP contribution in [0.1, 0.15) is 39.3 Å². The number of rotatable bonds is 4. The van der Waals surface area contributed by atoms with E-state index in [1.807, 2.05) is 30.8 Å². The van der Waals surface area contributed by atoms with Crippen molar-refractivity contribution < 1.29 is 9.90 Å². The zero-order chi connectivity index (χ0) is 12.8. The van der Waals surface area contributed by atoms with E-state index in [1.54, 1.807) is 0 Å². The van der Waals surface area contributed by atoms with Gasteiger partial charge in [0, 0.05) is 18.7 Å². The topological polar surface area (TPSA) is 55.1 Å². The first kappa shape index (κ1) is 12.1. The van der Waals surface area contributed by atoms with E-state index in [1.165, 1.54) is 0 Å². The van der Waals surface area contributed by atoms with E-state index in [-0.39, 0.29) is 17.3 Å². The molecule has 1 aliphatic carbocycles. The molecule has 94 valence electrons. The van der Waals surface area contributed by atoms with Crippen LogP contribution in [0.5, 0.6) is 0 Å². The SMILES string of the molecule is CC(C)Cn1ccc(C2C(C(=O)O)C2(C)C)n1. The van der Waals surface area contributed by atoms with Gasteiger partial charge in [-0.25, -0.2) is 0 Å². The molecule has 1 saturated carbocycles. The van der Waals surface area contributed by atoms with E-state index in [0.29, 0.717) is 5.92 Å². The van der Waals surface area contributed by atoms with Crippen LogP contribution in [0.25, 0.3) is 0 Å². The van der Waals surface area contributed by atoms with Gasteiger partial charge < -0.3 is 5.11 Å². The summed E-state index contributed by atoms with van der Waals surface area (Å²) in [7, 11) is 0. The number of aromatic nitrogens is 2. The standard InChI is InChI=1S/C13H20N2O2/c1-8(2)7-15-6-5-9(14-15)10-11(12(16)17)13(10,3)4/h5-6,8,10-11H,7H2,1-4H3,(H,16,17). The number of carboxylic acid groups (broad SMARTS) is 1. The summed E-state index contributed by atoms with van der Waals surface area (Å²) in [6.45, 7) is 9.16. The van der Waals surface area contributed by atoms with Crippen molar-refractivity contribution in [3.05, 3.63) is 18.0 Å². The monoisotopic (exact) mass is 236 g/mol. The van der Waals surface area contributed by atoms with Gasteiger partial charge in [0.1, 0.15) is 0 Å². The van der Waals surface area contributed by atoms with Crippen LogP contribution in [0.15, 0.2) is 12.3 Å². The minimum atomic E-state index is -0.710. The number of carbonyl (C=O) groups is 1. The fourth-order valence-electron chi connectivity index (χ4n) is 2.67. The molecule has 1 N–H and O–H groups in total. The number of hydrogen-bond acceptors (Lipinski definition) is 2. The second kappa shape index (κ2) is 3.86. The molecule has 0 spiro atoms. The van der Waals surface area contributed by atoms with Crippen LogP contribution < -0.4 is 0 Å². The van der Waals surface area contributed by atoms with Gasteiger partial charge in [0.15, 0.2) is 0 Å². The summed E-state index contributed by atoms with van der Waals surface area (Å²) < 4.78 is 1.91. The van der Waals surface area contributed by atoms with E-state index in [9.17, 15) is 4.79 Å². The van der Waals surface area contributed by atoms with Crippen molar-refractivity contribution in [1.82, 2.24) is 9.78 Å². The van der Waals surface area contributed by atoms with E-state index >= 15 is 0 Å². The van der Waals surface area contributed by atoms with Gasteiger partial charge in [-0.1, -0.05) is 27.7 Å². The molecular formula is C13H20N2O2. The van der Waals surface area contributed by atoms with Gasteiger partial charge >= 0.3 is 5.97 Å². The maximum atomic E-state index is 11.1. The Morgan fingerprint density at radius 3 is 2.71 bits per heavy atom. The lowest BCUT2D eigenvalue weighted by Gasteiger charge is -2.04. The third-order valence-corrected chi connectivity index (χ3v) is 3.63. The highest BCUT2D eigenvalue weighted by atomic mass is 16.4. The molecule has 1 aromatic heterocycles. The smallest absolute Gasteiger partial charge is 0.307 e. The zero-order valence-corrected chi connectivity index (χ0v) is 10.8. The van der Waals surface area contributed by atoms with Crippen molar-refractivity contribution in [2.24, 2.45) is 17.3 Å². The molecule has 0 aromatic carbocycles. The minimum absolute atomic E-state index is 0.0633. The summed E-state index contributed by atoms with van der Waals surface area (Å²) in [5, 5.41) is 13.6. The lowest BCUT2D eigenvalue weighted by atomic mass is 10.1. The number of aliphatic carboxylic acids is 1. The van der Waals surface area contributed by atoms with E-state index in [4.69, 9.17) is 5.11 Å². The Hall–Kier alpha value is -1.32. The second-order valence-electron chi connectivity index (χ2n) is 5.97. The highest BCUT2D eigenvalue weighted by Gasteiger charge is 2.63. The molecule has 0 amide bonds. The normalized spacial score (nSPS) is 26.2. The molecule has 4 heteroatoms. The second-order valence-corrected chi connectivity index (χ2v) is 5.97. The number of nitrogens with zero attached hydrogens (tertiary/aromatic N) is 2. The largest absolute Gasteiger partial charge is 0.481 e. The predicted molar refractivity (Wildman–Crippen MR) is 64.7 cm³/mol. The fourth-order valence-corrected chi connectivity index (χ4v) is 2.67. The fraction of sp³-hybridized carbons (Fsp3) is 0.692. The Morgan fingerprint density at radius 2 is 2.24 bits per heavy atom. The number of carboxylic acids is 1. The van der Waals surface area contributed by atoms with Gasteiger partial charge in [-0.15, -0.1) is 0 Å². The Kier molecular flexibility index (Phi) is 2.76. The van der Waals surface area contributed by atoms with Crippen LogP contribution >= 0.6 is 0 Å². The van der Waals surface area contributed by atoms with Gasteiger partial charge in [-0.05, 0) is 17.4 Å². The molecule has 1 aromatic rings. The van der Waals surface area contributed by atoms with Gasteiger partial charge in [-0.2, -0.15) is 5.10 Å². The summed E-state index contributed by atoms with van der Waals surface area (Å²) in [6.07, 6.45) is 1.95. The third-order valence-electron chi connectivity index (χ3n) is 3.63. The lowest BCUT2D eigenvalue weighted by Crippen LogP contribution is -2.05. The van der Waals surface area contributed by atoms with Crippen molar-refractivity contribution in [1.29, 1.82) is 0 Å². The molecule has 4 nitrogen and oxygen atoms in total. The first-order chi connectivity index (χ1) is 7.84. The maximum absolute atomic E-state index is 11.1. The van der Waals surface area contributed by atoms with Crippen molar-refractivity contribution in [3.8, 4) is 0 Å². The molecule has 0 saturated heterocycles. The molecule has 2 atom stereocenters. The van der Waals surface area contributed by atoms with Gasteiger partial charge in [0.05, 0.1) is 11.6 Å². The summed E-state index contributed by atoms with van der Waals surface area (Å²) >= 11 is 0. The van der Waals surface area contributed by atoms with Crippen LogP contribution in [0.2, 0.25) is 0 Å². The molecule has 0 bridgehead atoms. The molecule has 1 aliphatic rings. The molecule has 2 rings (SSSR count). The Morgan fingerprint density at radius 1 is 1.59 bits per heavy atom. The minimum Gasteiger partial charge on any atom is -0.481 e. The van der Waals surface area contributed by atoms with Gasteiger partial charge in [0.25, 0.3) is 0 Å². The van der Waals surface area contributed by atoms with Crippen LogP contribution in [0.4, 0.5) is 0 Å². The van der Waals surface area contributed by atoms with E-state index < -0.39 is 5.97 Å². The molecule has 1 fully saturated rings. The molecule has 0 radical (unpaired) electrons. The molecule has 0 aliphatic heterocycles. The zero-order valence-electron chi connectivity index (χ0n) is 10.8. The first-order valence-corrected chi connectivity index (χ1v) is 6.10. The van der Waals surface area contributed by atoms with Crippen LogP contribution in [-0.2, 0) is 11.3 Å². The van der Waals surface area contributed by atoms with Crippen molar-refractivity contribution >= 4 is 5.97 Å². The average Bonchev–Trinajstić information content (AvgIpc) is 2.54. The van der Waals surface area contributed by atoms with E-state index in [2.05, 4.69) is 18.9 Å². The van der Waals surface area contributed by atoms with Crippen molar-refractivity contribution in [3.63, 3.8) is 0 Å². The molecule has 2 unspecified atom stereocenters. The van der Waals surface area contributed by atoms with Gasteiger partial charge in [0.2, 0.25) is 0 Å². The Balaban J connectivity index is 2.14. The maximum Gasteiger partial charge on any atom is 0.307 e. The van der Waals surface area contributed by atoms with Crippen LogP contribution in [0.3, 0.4) is 0 Å². The van der Waals surface area contributed by atoms with Crippen molar-refractivity contribution in [2.45, 2.75) is 40.2 Å². The Bertz CT molecular complexity index is 434. The molecule has 17 heavy (non-hydrogen) atoms. The Labute approximate surface area is 102 Å². The quantitative estimate of drug-likeness (QED) is 0.873. The number of hydrogen-bond donors (Lipinski definition) is 1. The van der Waals surface area contributed by atoms with Crippen LogP contribution in [0, 0.1) is 17.3 Å². The van der Waals surface area contributed by atoms with Crippen LogP contribution in [-0.4, -0.2) is 20.9 Å². The average molecular weight is 236 g/mol. The summed E-state index contributed by atoms with van der Waals surface area (Å²) in [5.74, 6) is -0.387. The predicted octanol–water partition coefficient (Wildman–Crippen LogP) is 2.36. The molecule has 1 heterocycles. The summed E-state index contributed by atoms with van der Waals surface area (Å²) in [6, 6.07) is 1.96. The summed E-state index contributed by atoms with van der Waals surface area (Å²) in [4.78, 5) is 11.1. The van der Waals surface area contributed by atoms with Gasteiger partial charge in [-0.3, -0.25) is 9.48 Å². The highest BCUT2D eigenvalue weighted by molar-refractivity contribution is 5.77. The van der Waals surface area contributed by atoms with E-state index in [0.717, 1.165) is 12.2 Å².